The van der Waals surface area contributed by atoms with Crippen LogP contribution in [0.5, 0.6) is 0 Å². The van der Waals surface area contributed by atoms with Crippen molar-refractivity contribution < 1.29 is 18.7 Å². The van der Waals surface area contributed by atoms with Gasteiger partial charge in [-0.05, 0) is 31.0 Å². The van der Waals surface area contributed by atoms with Crippen LogP contribution in [0.3, 0.4) is 0 Å². The predicted octanol–water partition coefficient (Wildman–Crippen LogP) is 3.03. The molecule has 3 rings (SSSR count). The molecule has 0 spiro atoms. The Balaban J connectivity index is 2.00. The van der Waals surface area contributed by atoms with E-state index in [0.717, 1.165) is 12.8 Å². The minimum absolute atomic E-state index is 0.106. The Hall–Kier alpha value is -2.87. The smallest absolute Gasteiger partial charge is 0.411 e. The molecule has 1 aliphatic heterocycles. The van der Waals surface area contributed by atoms with Crippen LogP contribution in [-0.2, 0) is 9.53 Å². The summed E-state index contributed by atoms with van der Waals surface area (Å²) in [6.07, 6.45) is 3.64. The van der Waals surface area contributed by atoms with E-state index in [4.69, 9.17) is 10.2 Å². The Labute approximate surface area is 144 Å². The normalized spacial score (nSPS) is 17.5. The quantitative estimate of drug-likeness (QED) is 0.731. The van der Waals surface area contributed by atoms with Gasteiger partial charge in [0.25, 0.3) is 0 Å². The molecule has 1 aromatic heterocycles. The van der Waals surface area contributed by atoms with Crippen molar-refractivity contribution in [3.05, 3.63) is 30.3 Å². The zero-order valence-corrected chi connectivity index (χ0v) is 13.9. The van der Waals surface area contributed by atoms with Gasteiger partial charge in [-0.15, -0.1) is 0 Å². The highest BCUT2D eigenvalue weighted by molar-refractivity contribution is 5.96. The summed E-state index contributed by atoms with van der Waals surface area (Å²) in [6, 6.07) is 4.79. The van der Waals surface area contributed by atoms with Crippen LogP contribution in [0.15, 0.2) is 28.8 Å². The van der Waals surface area contributed by atoms with Crippen molar-refractivity contribution in [1.82, 2.24) is 4.98 Å². The number of amides is 2. The number of carbonyl (C=O) groups excluding carboxylic acids is 2. The lowest BCUT2D eigenvalue weighted by Gasteiger charge is -2.14. The van der Waals surface area contributed by atoms with Crippen molar-refractivity contribution >= 4 is 23.4 Å². The second-order valence-corrected chi connectivity index (χ2v) is 5.84. The van der Waals surface area contributed by atoms with Gasteiger partial charge >= 0.3 is 6.09 Å². The van der Waals surface area contributed by atoms with Gasteiger partial charge in [0.1, 0.15) is 0 Å². The molecule has 1 unspecified atom stereocenters. The summed E-state index contributed by atoms with van der Waals surface area (Å²) in [6.45, 7) is 0. The Kier molecular flexibility index (Phi) is 4.99. The highest BCUT2D eigenvalue weighted by atomic mass is 16.5. The fraction of sp³-hybridized carbons (Fsp3) is 0.353. The highest BCUT2D eigenvalue weighted by Crippen LogP contribution is 2.33. The van der Waals surface area contributed by atoms with E-state index in [0.29, 0.717) is 41.4 Å². The topological polar surface area (TPSA) is 119 Å². The van der Waals surface area contributed by atoms with Gasteiger partial charge in [-0.3, -0.25) is 10.1 Å². The van der Waals surface area contributed by atoms with Crippen LogP contribution in [0.4, 0.5) is 16.2 Å². The van der Waals surface area contributed by atoms with Crippen LogP contribution in [0.2, 0.25) is 0 Å². The van der Waals surface area contributed by atoms with Gasteiger partial charge in [0.05, 0.1) is 25.0 Å². The van der Waals surface area contributed by atoms with E-state index < -0.39 is 6.09 Å². The van der Waals surface area contributed by atoms with Crippen LogP contribution in [-0.4, -0.2) is 24.1 Å². The van der Waals surface area contributed by atoms with Crippen molar-refractivity contribution in [2.75, 3.05) is 17.7 Å². The molecule has 2 amide bonds. The molecule has 2 bridgehead atoms. The molecule has 0 saturated carbocycles. The summed E-state index contributed by atoms with van der Waals surface area (Å²) >= 11 is 0. The number of carbonyl (C=O) groups is 2. The number of oxazole rings is 1. The molecule has 1 atom stereocenters. The summed E-state index contributed by atoms with van der Waals surface area (Å²) in [7, 11) is 1.28. The third kappa shape index (κ3) is 3.97. The maximum Gasteiger partial charge on any atom is 0.411 e. The predicted molar refractivity (Wildman–Crippen MR) is 92.0 cm³/mol. The first-order valence-electron chi connectivity index (χ1n) is 8.07. The van der Waals surface area contributed by atoms with Crippen molar-refractivity contribution in [3.63, 3.8) is 0 Å². The molecular formula is C17H20N4O4. The Bertz CT molecular complexity index is 787. The molecule has 8 nitrogen and oxygen atoms in total. The minimum Gasteiger partial charge on any atom is -0.453 e. The molecule has 0 aliphatic carbocycles. The largest absolute Gasteiger partial charge is 0.453 e. The van der Waals surface area contributed by atoms with E-state index in [-0.39, 0.29) is 11.9 Å². The molecule has 8 heteroatoms. The Morgan fingerprint density at radius 1 is 1.44 bits per heavy atom. The van der Waals surface area contributed by atoms with Gasteiger partial charge in [0.15, 0.2) is 5.76 Å². The van der Waals surface area contributed by atoms with Crippen molar-refractivity contribution in [2.45, 2.75) is 31.7 Å². The SMILES string of the molecule is COC(=O)Nc1ccc2c(c1)NC(=O)CCCCC(N)c1ncc-2o1. The first-order chi connectivity index (χ1) is 12.1. The molecule has 1 aliphatic rings. The lowest BCUT2D eigenvalue weighted by molar-refractivity contribution is -0.116. The monoisotopic (exact) mass is 344 g/mol. The van der Waals surface area contributed by atoms with Crippen LogP contribution >= 0.6 is 0 Å². The molecule has 0 fully saturated rings. The number of fused-ring (bicyclic) bond motifs is 4. The van der Waals surface area contributed by atoms with Crippen LogP contribution < -0.4 is 16.4 Å². The maximum absolute atomic E-state index is 12.2. The number of methoxy groups -OCH3 is 1. The molecule has 0 saturated heterocycles. The second kappa shape index (κ2) is 7.35. The summed E-state index contributed by atoms with van der Waals surface area (Å²) in [5, 5.41) is 5.44. The highest BCUT2D eigenvalue weighted by Gasteiger charge is 2.19. The van der Waals surface area contributed by atoms with Gasteiger partial charge in [0.2, 0.25) is 11.8 Å². The Morgan fingerprint density at radius 3 is 3.08 bits per heavy atom. The molecular weight excluding hydrogens is 324 g/mol. The molecule has 1 aromatic carbocycles. The minimum atomic E-state index is -0.590. The van der Waals surface area contributed by atoms with Crippen molar-refractivity contribution in [1.29, 1.82) is 0 Å². The first-order valence-corrected chi connectivity index (χ1v) is 8.07. The molecule has 25 heavy (non-hydrogen) atoms. The van der Waals surface area contributed by atoms with E-state index in [1.807, 2.05) is 0 Å². The summed E-state index contributed by atoms with van der Waals surface area (Å²) < 4.78 is 10.4. The van der Waals surface area contributed by atoms with Crippen molar-refractivity contribution in [3.8, 4) is 11.3 Å². The van der Waals surface area contributed by atoms with Gasteiger partial charge in [-0.2, -0.15) is 0 Å². The van der Waals surface area contributed by atoms with E-state index in [1.54, 1.807) is 24.4 Å². The van der Waals surface area contributed by atoms with E-state index >= 15 is 0 Å². The fourth-order valence-corrected chi connectivity index (χ4v) is 2.68. The zero-order chi connectivity index (χ0) is 17.8. The van der Waals surface area contributed by atoms with Crippen molar-refractivity contribution in [2.24, 2.45) is 5.73 Å². The third-order valence-electron chi connectivity index (χ3n) is 4.00. The van der Waals surface area contributed by atoms with Gasteiger partial charge < -0.3 is 20.2 Å². The number of nitrogens with one attached hydrogen (secondary N) is 2. The first kappa shape index (κ1) is 17.0. The maximum atomic E-state index is 12.2. The lowest BCUT2D eigenvalue weighted by Crippen LogP contribution is -2.15. The number of benzene rings is 1. The molecule has 132 valence electrons. The average molecular weight is 344 g/mol. The van der Waals surface area contributed by atoms with Crippen LogP contribution in [0, 0.1) is 0 Å². The second-order valence-electron chi connectivity index (χ2n) is 5.84. The molecule has 2 aromatic rings. The summed E-state index contributed by atoms with van der Waals surface area (Å²) in [5.74, 6) is 0.876. The zero-order valence-electron chi connectivity index (χ0n) is 13.9. The number of hydrogen-bond donors (Lipinski definition) is 3. The van der Waals surface area contributed by atoms with E-state index in [2.05, 4.69) is 20.4 Å². The number of nitrogens with two attached hydrogens (primary N) is 1. The molecule has 4 N–H and O–H groups in total. The molecule has 0 radical (unpaired) electrons. The van der Waals surface area contributed by atoms with Gasteiger partial charge in [-0.25, -0.2) is 9.78 Å². The summed E-state index contributed by atoms with van der Waals surface area (Å²) in [4.78, 5) is 27.8. The van der Waals surface area contributed by atoms with Gasteiger partial charge in [-0.1, -0.05) is 6.42 Å². The number of rotatable bonds is 1. The average Bonchev–Trinajstić information content (AvgIpc) is 3.08. The van der Waals surface area contributed by atoms with E-state index in [9.17, 15) is 9.59 Å². The number of aromatic nitrogens is 1. The standard InChI is InChI=1S/C17H20N4O4/c1-24-17(23)20-10-6-7-11-13(8-10)21-15(22)5-3-2-4-12(18)16-19-9-14(11)25-16/h6-9,12H,2-5,18H2,1H3,(H,20,23)(H,21,22). The molecule has 2 heterocycles. The van der Waals surface area contributed by atoms with Gasteiger partial charge in [0, 0.05) is 17.7 Å². The fourth-order valence-electron chi connectivity index (χ4n) is 2.68. The lowest BCUT2D eigenvalue weighted by atomic mass is 10.1. The number of ether oxygens (including phenoxy) is 1. The van der Waals surface area contributed by atoms with Crippen LogP contribution in [0.25, 0.3) is 11.3 Å². The number of hydrogen-bond acceptors (Lipinski definition) is 6. The number of anilines is 2. The summed E-state index contributed by atoms with van der Waals surface area (Å²) in [5.41, 5.74) is 7.77. The third-order valence-corrected chi connectivity index (χ3v) is 4.00. The van der Waals surface area contributed by atoms with Crippen LogP contribution in [0.1, 0.15) is 37.6 Å². The Morgan fingerprint density at radius 2 is 2.28 bits per heavy atom. The van der Waals surface area contributed by atoms with E-state index in [1.165, 1.54) is 7.11 Å². The number of nitrogens with zero attached hydrogens (tertiary/aromatic N) is 1.